The first kappa shape index (κ1) is 18.7. The molecule has 2 aliphatic heterocycles. The van der Waals surface area contributed by atoms with Gasteiger partial charge in [-0.15, -0.1) is 0 Å². The van der Waals surface area contributed by atoms with E-state index in [1.54, 1.807) is 18.2 Å². The summed E-state index contributed by atoms with van der Waals surface area (Å²) in [7, 11) is 0. The Morgan fingerprint density at radius 3 is 2.77 bits per heavy atom. The van der Waals surface area contributed by atoms with Crippen LogP contribution < -0.4 is 20.5 Å². The molecule has 0 aliphatic carbocycles. The van der Waals surface area contributed by atoms with Crippen molar-refractivity contribution in [3.8, 4) is 11.5 Å². The van der Waals surface area contributed by atoms with Gasteiger partial charge in [-0.3, -0.25) is 9.69 Å². The minimum Gasteiger partial charge on any atom is -0.486 e. The molecular weight excluding hydrogens is 384 g/mol. The topological polar surface area (TPSA) is 99.5 Å². The fourth-order valence-electron chi connectivity index (χ4n) is 4.39. The molecule has 1 aromatic heterocycles. The first-order chi connectivity index (χ1) is 14.6. The average Bonchev–Trinajstić information content (AvgIpc) is 3.38. The molecule has 30 heavy (non-hydrogen) atoms. The number of imidazole rings is 1. The van der Waals surface area contributed by atoms with Crippen LogP contribution in [0, 0.1) is 0 Å². The summed E-state index contributed by atoms with van der Waals surface area (Å²) >= 11 is 0. The maximum Gasteiger partial charge on any atom is 0.323 e. The van der Waals surface area contributed by atoms with Crippen molar-refractivity contribution in [3.63, 3.8) is 0 Å². The minimum absolute atomic E-state index is 0.0725. The normalized spacial score (nSPS) is 19.7. The number of nitrogens with one attached hydrogen (secondary N) is 3. The summed E-state index contributed by atoms with van der Waals surface area (Å²) < 4.78 is 11.4. The fourth-order valence-corrected chi connectivity index (χ4v) is 4.39. The Labute approximate surface area is 173 Å². The first-order valence-electron chi connectivity index (χ1n) is 10.3. The number of aromatic nitrogens is 2. The van der Waals surface area contributed by atoms with E-state index in [1.165, 1.54) is 0 Å². The van der Waals surface area contributed by atoms with E-state index >= 15 is 0 Å². The Balaban J connectivity index is 1.33. The lowest BCUT2D eigenvalue weighted by Crippen LogP contribution is -2.41. The lowest BCUT2D eigenvalue weighted by molar-refractivity contribution is -0.121. The third-order valence-electron chi connectivity index (χ3n) is 5.91. The van der Waals surface area contributed by atoms with Gasteiger partial charge in [-0.2, -0.15) is 0 Å². The number of nitrogens with zero attached hydrogens (tertiary/aromatic N) is 1. The van der Waals surface area contributed by atoms with Crippen LogP contribution >= 0.6 is 0 Å². The fraction of sp³-hybridized carbons (Fsp3) is 0.364. The van der Waals surface area contributed by atoms with Gasteiger partial charge in [-0.1, -0.05) is 6.07 Å². The molecule has 0 unspecified atom stereocenters. The van der Waals surface area contributed by atoms with Gasteiger partial charge in [0.2, 0.25) is 5.91 Å². The third-order valence-corrected chi connectivity index (χ3v) is 5.91. The van der Waals surface area contributed by atoms with Gasteiger partial charge in [0.1, 0.15) is 13.2 Å². The predicted molar refractivity (Wildman–Crippen MR) is 113 cm³/mol. The second-order valence-corrected chi connectivity index (χ2v) is 7.80. The van der Waals surface area contributed by atoms with Crippen molar-refractivity contribution >= 4 is 22.6 Å². The molecule has 1 amide bonds. The third kappa shape index (κ3) is 3.43. The molecule has 156 valence electrons. The predicted octanol–water partition coefficient (Wildman–Crippen LogP) is 2.79. The highest BCUT2D eigenvalue weighted by Crippen LogP contribution is 2.39. The lowest BCUT2D eigenvalue weighted by atomic mass is 10.0. The molecule has 1 fully saturated rings. The molecule has 8 nitrogen and oxygen atoms in total. The van der Waals surface area contributed by atoms with Gasteiger partial charge in [-0.25, -0.2) is 4.79 Å². The molecule has 0 radical (unpaired) electrons. The zero-order valence-corrected chi connectivity index (χ0v) is 16.7. The molecule has 0 saturated carbocycles. The van der Waals surface area contributed by atoms with E-state index in [4.69, 9.17) is 9.47 Å². The molecule has 0 bridgehead atoms. The van der Waals surface area contributed by atoms with E-state index in [9.17, 15) is 9.59 Å². The van der Waals surface area contributed by atoms with Crippen LogP contribution in [0.3, 0.4) is 0 Å². The molecule has 8 heteroatoms. The van der Waals surface area contributed by atoms with Crippen LogP contribution in [0.15, 0.2) is 41.2 Å². The molecular formula is C22H24N4O4. The maximum atomic E-state index is 13.0. The number of hydrogen-bond donors (Lipinski definition) is 3. The van der Waals surface area contributed by atoms with Crippen molar-refractivity contribution < 1.29 is 14.3 Å². The quantitative estimate of drug-likeness (QED) is 0.617. The Morgan fingerprint density at radius 1 is 1.10 bits per heavy atom. The summed E-state index contributed by atoms with van der Waals surface area (Å²) in [5, 5.41) is 2.98. The van der Waals surface area contributed by atoms with Crippen molar-refractivity contribution in [1.82, 2.24) is 14.9 Å². The summed E-state index contributed by atoms with van der Waals surface area (Å²) in [5.41, 5.74) is 2.92. The van der Waals surface area contributed by atoms with Gasteiger partial charge in [0.05, 0.1) is 17.1 Å². The number of hydrogen-bond acceptors (Lipinski definition) is 5. The number of ether oxygens (including phenoxy) is 2. The van der Waals surface area contributed by atoms with Crippen molar-refractivity contribution in [2.45, 2.75) is 31.8 Å². The van der Waals surface area contributed by atoms with Gasteiger partial charge >= 0.3 is 5.69 Å². The van der Waals surface area contributed by atoms with Crippen LogP contribution in [-0.2, 0) is 4.79 Å². The van der Waals surface area contributed by atoms with Crippen molar-refractivity contribution in [2.75, 3.05) is 25.1 Å². The van der Waals surface area contributed by atoms with E-state index in [0.717, 1.165) is 36.4 Å². The summed E-state index contributed by atoms with van der Waals surface area (Å²) in [5.74, 6) is 1.48. The number of likely N-dealkylation sites (tertiary alicyclic amines) is 1. The Bertz CT molecular complexity index is 1150. The summed E-state index contributed by atoms with van der Waals surface area (Å²) in [6.45, 7) is 3.92. The van der Waals surface area contributed by atoms with Gasteiger partial charge < -0.3 is 24.8 Å². The monoisotopic (exact) mass is 408 g/mol. The number of carbonyl (C=O) groups excluding carboxylic acids is 1. The Morgan fingerprint density at radius 2 is 1.90 bits per heavy atom. The van der Waals surface area contributed by atoms with Crippen LogP contribution in [0.4, 0.5) is 5.69 Å². The molecule has 3 aromatic rings. The van der Waals surface area contributed by atoms with Gasteiger partial charge in [0.15, 0.2) is 11.5 Å². The van der Waals surface area contributed by atoms with Crippen molar-refractivity contribution in [3.05, 3.63) is 52.4 Å². The highest BCUT2D eigenvalue weighted by molar-refractivity contribution is 5.96. The highest BCUT2D eigenvalue weighted by Gasteiger charge is 2.33. The van der Waals surface area contributed by atoms with Crippen LogP contribution in [0.25, 0.3) is 11.0 Å². The zero-order chi connectivity index (χ0) is 20.7. The van der Waals surface area contributed by atoms with E-state index < -0.39 is 0 Å². The SMILES string of the molecule is C[C@H](C(=O)Nc1ccc2[nH]c(=O)[nH]c2c1)N1CCC[C@@H]1c1ccc2c(c1)OCCO2. The second-order valence-electron chi connectivity index (χ2n) is 7.80. The van der Waals surface area contributed by atoms with Crippen LogP contribution in [-0.4, -0.2) is 46.6 Å². The standard InChI is InChI=1S/C22H24N4O4/c1-13(21(27)23-15-5-6-16-17(12-15)25-22(28)24-16)26-8-2-3-18(26)14-4-7-19-20(11-14)30-10-9-29-19/h4-7,11-13,18H,2-3,8-10H2,1H3,(H,23,27)(H2,24,25,28)/t13-,18-/m1/s1. The largest absolute Gasteiger partial charge is 0.486 e. The number of fused-ring (bicyclic) bond motifs is 2. The van der Waals surface area contributed by atoms with E-state index in [1.807, 2.05) is 19.1 Å². The van der Waals surface area contributed by atoms with Gasteiger partial charge in [0, 0.05) is 11.7 Å². The van der Waals surface area contributed by atoms with Crippen LogP contribution in [0.2, 0.25) is 0 Å². The number of anilines is 1. The van der Waals surface area contributed by atoms with E-state index in [-0.39, 0.29) is 23.7 Å². The number of rotatable bonds is 4. The summed E-state index contributed by atoms with van der Waals surface area (Å²) in [6.07, 6.45) is 2.03. The molecule has 3 heterocycles. The van der Waals surface area contributed by atoms with Crippen molar-refractivity contribution in [1.29, 1.82) is 0 Å². The van der Waals surface area contributed by atoms with Crippen LogP contribution in [0.5, 0.6) is 11.5 Å². The summed E-state index contributed by atoms with van der Waals surface area (Å²) in [6, 6.07) is 11.3. The van der Waals surface area contributed by atoms with Gasteiger partial charge in [0.25, 0.3) is 0 Å². The smallest absolute Gasteiger partial charge is 0.323 e. The minimum atomic E-state index is -0.299. The molecule has 5 rings (SSSR count). The van der Waals surface area contributed by atoms with Crippen molar-refractivity contribution in [2.24, 2.45) is 0 Å². The average molecular weight is 408 g/mol. The molecule has 2 atom stereocenters. The summed E-state index contributed by atoms with van der Waals surface area (Å²) in [4.78, 5) is 32.1. The van der Waals surface area contributed by atoms with E-state index in [2.05, 4.69) is 26.3 Å². The molecule has 1 saturated heterocycles. The molecule has 0 spiro atoms. The Hall–Kier alpha value is -3.26. The number of carbonyl (C=O) groups is 1. The number of benzene rings is 2. The highest BCUT2D eigenvalue weighted by atomic mass is 16.6. The number of aromatic amines is 2. The molecule has 2 aromatic carbocycles. The first-order valence-corrected chi connectivity index (χ1v) is 10.3. The number of amides is 1. The number of H-pyrrole nitrogens is 2. The van der Waals surface area contributed by atoms with Crippen LogP contribution in [0.1, 0.15) is 31.4 Å². The molecule has 2 aliphatic rings. The lowest BCUT2D eigenvalue weighted by Gasteiger charge is -2.31. The maximum absolute atomic E-state index is 13.0. The molecule has 3 N–H and O–H groups in total. The van der Waals surface area contributed by atoms with Gasteiger partial charge in [-0.05, 0) is 62.2 Å². The zero-order valence-electron chi connectivity index (χ0n) is 16.7. The van der Waals surface area contributed by atoms with E-state index in [0.29, 0.717) is 29.9 Å². The Kier molecular flexibility index (Phi) is 4.71. The second kappa shape index (κ2) is 7.53.